The first-order valence-corrected chi connectivity index (χ1v) is 7.25. The smallest absolute Gasteiger partial charge is 0.378 e. The van der Waals surface area contributed by atoms with Crippen LogP contribution in [0.5, 0.6) is 0 Å². The van der Waals surface area contributed by atoms with E-state index in [-0.39, 0.29) is 12.1 Å². The van der Waals surface area contributed by atoms with Crippen LogP contribution in [0, 0.1) is 0 Å². The van der Waals surface area contributed by atoms with Crippen molar-refractivity contribution in [1.29, 1.82) is 0 Å². The van der Waals surface area contributed by atoms with E-state index in [1.54, 1.807) is 6.07 Å². The van der Waals surface area contributed by atoms with Crippen molar-refractivity contribution >= 4 is 0 Å². The van der Waals surface area contributed by atoms with Crippen molar-refractivity contribution in [2.24, 2.45) is 5.84 Å². The van der Waals surface area contributed by atoms with Crippen LogP contribution in [0.25, 0.3) is 0 Å². The molecular formula is C15H21F3N2O. The molecule has 2 unspecified atom stereocenters. The number of rotatable bonds is 5. The molecule has 1 aliphatic rings. The van der Waals surface area contributed by atoms with Crippen LogP contribution in [0.4, 0.5) is 13.2 Å². The highest BCUT2D eigenvalue weighted by Gasteiger charge is 2.31. The van der Waals surface area contributed by atoms with E-state index in [1.807, 2.05) is 0 Å². The van der Waals surface area contributed by atoms with Crippen LogP contribution < -0.4 is 11.3 Å². The standard InChI is InChI=1S/C15H21F3N2O/c16-15(17,18)12-5-3-4-11(10-12)14(20-19)8-7-13-6-1-2-9-21-13/h3-5,10,13-14,20H,1-2,6-9,19H2. The molecule has 21 heavy (non-hydrogen) atoms. The van der Waals surface area contributed by atoms with Gasteiger partial charge in [0.05, 0.1) is 11.7 Å². The second kappa shape index (κ2) is 7.24. The van der Waals surface area contributed by atoms with Gasteiger partial charge >= 0.3 is 6.18 Å². The number of nitrogens with one attached hydrogen (secondary N) is 1. The van der Waals surface area contributed by atoms with E-state index in [0.717, 1.165) is 44.4 Å². The van der Waals surface area contributed by atoms with E-state index >= 15 is 0 Å². The Labute approximate surface area is 122 Å². The van der Waals surface area contributed by atoms with Gasteiger partial charge < -0.3 is 4.74 Å². The highest BCUT2D eigenvalue weighted by Crippen LogP contribution is 2.31. The Morgan fingerprint density at radius 2 is 2.14 bits per heavy atom. The predicted octanol–water partition coefficient (Wildman–Crippen LogP) is 3.56. The Balaban J connectivity index is 1.99. The van der Waals surface area contributed by atoms with Crippen LogP contribution >= 0.6 is 0 Å². The fourth-order valence-electron chi connectivity index (χ4n) is 2.67. The van der Waals surface area contributed by atoms with Crippen LogP contribution in [-0.2, 0) is 10.9 Å². The van der Waals surface area contributed by atoms with Crippen molar-refractivity contribution in [1.82, 2.24) is 5.43 Å². The van der Waals surface area contributed by atoms with Crippen LogP contribution in [0.1, 0.15) is 49.3 Å². The van der Waals surface area contributed by atoms with E-state index in [2.05, 4.69) is 5.43 Å². The lowest BCUT2D eigenvalue weighted by molar-refractivity contribution is -0.137. The molecule has 0 spiro atoms. The molecule has 0 aromatic heterocycles. The van der Waals surface area contributed by atoms with E-state index in [1.165, 1.54) is 6.07 Å². The zero-order chi connectivity index (χ0) is 15.3. The van der Waals surface area contributed by atoms with Gasteiger partial charge in [-0.25, -0.2) is 0 Å². The van der Waals surface area contributed by atoms with Gasteiger partial charge in [0.2, 0.25) is 0 Å². The van der Waals surface area contributed by atoms with Crippen molar-refractivity contribution in [2.75, 3.05) is 6.61 Å². The molecule has 118 valence electrons. The zero-order valence-corrected chi connectivity index (χ0v) is 11.8. The molecule has 0 bridgehead atoms. The van der Waals surface area contributed by atoms with Crippen molar-refractivity contribution in [2.45, 2.75) is 50.4 Å². The lowest BCUT2D eigenvalue weighted by Gasteiger charge is -2.25. The number of halogens is 3. The summed E-state index contributed by atoms with van der Waals surface area (Å²) in [5.41, 5.74) is 2.53. The number of hydrazine groups is 1. The first-order valence-electron chi connectivity index (χ1n) is 7.25. The molecule has 1 heterocycles. The Morgan fingerprint density at radius 1 is 1.33 bits per heavy atom. The first-order chi connectivity index (χ1) is 10.0. The molecule has 6 heteroatoms. The molecule has 1 aliphatic heterocycles. The summed E-state index contributed by atoms with van der Waals surface area (Å²) in [6.07, 6.45) is 0.563. The third-order valence-electron chi connectivity index (χ3n) is 3.87. The molecule has 0 amide bonds. The van der Waals surface area contributed by atoms with Gasteiger partial charge in [-0.2, -0.15) is 13.2 Å². The second-order valence-electron chi connectivity index (χ2n) is 5.41. The van der Waals surface area contributed by atoms with E-state index in [0.29, 0.717) is 12.0 Å². The highest BCUT2D eigenvalue weighted by atomic mass is 19.4. The number of alkyl halides is 3. The second-order valence-corrected chi connectivity index (χ2v) is 5.41. The number of ether oxygens (including phenoxy) is 1. The Hall–Kier alpha value is -1.11. The topological polar surface area (TPSA) is 47.3 Å². The van der Waals surface area contributed by atoms with E-state index < -0.39 is 11.7 Å². The summed E-state index contributed by atoms with van der Waals surface area (Å²) in [6, 6.07) is 5.02. The molecule has 0 radical (unpaired) electrons. The number of hydrogen-bond donors (Lipinski definition) is 2. The summed E-state index contributed by atoms with van der Waals surface area (Å²) in [6.45, 7) is 0.773. The molecule has 0 aliphatic carbocycles. The maximum atomic E-state index is 12.7. The Morgan fingerprint density at radius 3 is 2.76 bits per heavy atom. The lowest BCUT2D eigenvalue weighted by Crippen LogP contribution is -2.30. The Bertz CT molecular complexity index is 445. The number of hydrogen-bond acceptors (Lipinski definition) is 3. The number of nitrogens with two attached hydrogens (primary N) is 1. The van der Waals surface area contributed by atoms with Crippen molar-refractivity contribution in [3.63, 3.8) is 0 Å². The maximum absolute atomic E-state index is 12.7. The summed E-state index contributed by atoms with van der Waals surface area (Å²) in [4.78, 5) is 0. The molecule has 2 rings (SSSR count). The van der Waals surface area contributed by atoms with Crippen LogP contribution in [0.2, 0.25) is 0 Å². The Kier molecular flexibility index (Phi) is 5.61. The van der Waals surface area contributed by atoms with Crippen LogP contribution in [0.15, 0.2) is 24.3 Å². The minimum atomic E-state index is -4.33. The fraction of sp³-hybridized carbons (Fsp3) is 0.600. The van der Waals surface area contributed by atoms with Gasteiger partial charge in [0.25, 0.3) is 0 Å². The van der Waals surface area contributed by atoms with Crippen molar-refractivity contribution in [3.8, 4) is 0 Å². The molecule has 2 atom stereocenters. The zero-order valence-electron chi connectivity index (χ0n) is 11.8. The minimum absolute atomic E-state index is 0.195. The van der Waals surface area contributed by atoms with Gasteiger partial charge in [-0.3, -0.25) is 11.3 Å². The third kappa shape index (κ3) is 4.69. The molecular weight excluding hydrogens is 281 g/mol. The molecule has 1 aromatic rings. The fourth-order valence-corrected chi connectivity index (χ4v) is 2.67. The van der Waals surface area contributed by atoms with Crippen molar-refractivity contribution in [3.05, 3.63) is 35.4 Å². The van der Waals surface area contributed by atoms with Crippen LogP contribution in [-0.4, -0.2) is 12.7 Å². The SMILES string of the molecule is NNC(CCC1CCCCO1)c1cccc(C(F)(F)F)c1. The van der Waals surface area contributed by atoms with Gasteiger partial charge in [-0.1, -0.05) is 12.1 Å². The summed E-state index contributed by atoms with van der Waals surface area (Å²) in [5, 5.41) is 0. The van der Waals surface area contributed by atoms with E-state index in [9.17, 15) is 13.2 Å². The summed E-state index contributed by atoms with van der Waals surface area (Å²) in [5.74, 6) is 5.51. The summed E-state index contributed by atoms with van der Waals surface area (Å²) in [7, 11) is 0. The van der Waals surface area contributed by atoms with Crippen molar-refractivity contribution < 1.29 is 17.9 Å². The van der Waals surface area contributed by atoms with Gasteiger partial charge in [0.15, 0.2) is 0 Å². The van der Waals surface area contributed by atoms with E-state index in [4.69, 9.17) is 10.6 Å². The molecule has 1 aromatic carbocycles. The molecule has 0 saturated carbocycles. The maximum Gasteiger partial charge on any atom is 0.416 e. The monoisotopic (exact) mass is 302 g/mol. The lowest BCUT2D eigenvalue weighted by atomic mass is 9.96. The summed E-state index contributed by atoms with van der Waals surface area (Å²) >= 11 is 0. The number of benzene rings is 1. The highest BCUT2D eigenvalue weighted by molar-refractivity contribution is 5.27. The minimum Gasteiger partial charge on any atom is -0.378 e. The first kappa shape index (κ1) is 16.3. The average Bonchev–Trinajstić information content (AvgIpc) is 2.48. The predicted molar refractivity (Wildman–Crippen MR) is 74.3 cm³/mol. The molecule has 1 fully saturated rings. The molecule has 1 saturated heterocycles. The van der Waals surface area contributed by atoms with Gasteiger partial charge in [0, 0.05) is 12.6 Å². The van der Waals surface area contributed by atoms with Gasteiger partial charge in [0.1, 0.15) is 0 Å². The van der Waals surface area contributed by atoms with Gasteiger partial charge in [-0.05, 0) is 49.8 Å². The van der Waals surface area contributed by atoms with Crippen LogP contribution in [0.3, 0.4) is 0 Å². The largest absolute Gasteiger partial charge is 0.416 e. The molecule has 3 N–H and O–H groups in total. The normalized spacial score (nSPS) is 21.2. The molecule has 3 nitrogen and oxygen atoms in total. The van der Waals surface area contributed by atoms with Gasteiger partial charge in [-0.15, -0.1) is 0 Å². The third-order valence-corrected chi connectivity index (χ3v) is 3.87. The quantitative estimate of drug-likeness (QED) is 0.646. The summed E-state index contributed by atoms with van der Waals surface area (Å²) < 4.78 is 43.9. The average molecular weight is 302 g/mol.